The van der Waals surface area contributed by atoms with Gasteiger partial charge < -0.3 is 39.8 Å². The van der Waals surface area contributed by atoms with E-state index in [1.807, 2.05) is 0 Å². The molecule has 68 heavy (non-hydrogen) atoms. The highest BCUT2D eigenvalue weighted by molar-refractivity contribution is 6.12. The number of nitrogens with zero attached hydrogens (tertiary/aromatic N) is 3. The number of unbranched alkanes of at least 4 members (excludes halogenated alkanes) is 2. The van der Waals surface area contributed by atoms with E-state index in [0.717, 1.165) is 4.90 Å². The zero-order chi connectivity index (χ0) is 49.2. The van der Waals surface area contributed by atoms with Crippen LogP contribution in [0.2, 0.25) is 0 Å². The van der Waals surface area contributed by atoms with Crippen molar-refractivity contribution in [3.05, 3.63) is 63.0 Å². The first-order valence-electron chi connectivity index (χ1n) is 22.5. The minimum absolute atomic E-state index is 0.00594. The molecule has 19 nitrogen and oxygen atoms in total. The lowest BCUT2D eigenvalue weighted by Crippen LogP contribution is -2.44. The third-order valence-electron chi connectivity index (χ3n) is 12.7. The molecule has 3 aliphatic heterocycles. The highest BCUT2D eigenvalue weighted by Crippen LogP contribution is 2.46. The molecular weight excluding hydrogens is 895 g/mol. The standard InChI is InChI=1S/C47H52F2N6O13/c1-5-46(65)31-19-33-43-30(22-55(33)45(64)27(31)10-11-38(46)58)29(28-18-36-37(20-32(28)53-43)68-47(48,49)67-36)21-50-40(60)23-66-16-14-34(56)25(3)52-44(63)24(2)17-35(57)26(4)51-39(59)9-7-6-8-15-54-41(61)12-13-42(54)62/h12-13,18-20,24-26,65H,5-11,14-17,21-23H2,1-4H3,(H,50,60)(H,51,59)(H,52,63)/t24-,25+,26+,46+/m1/s1. The number of ether oxygens (including phenoxy) is 3. The number of imide groups is 1. The van der Waals surface area contributed by atoms with Crippen LogP contribution in [0.15, 0.2) is 35.1 Å². The van der Waals surface area contributed by atoms with E-state index in [2.05, 4.69) is 20.7 Å². The van der Waals surface area contributed by atoms with Gasteiger partial charge in [-0.2, -0.15) is 0 Å². The van der Waals surface area contributed by atoms with Crippen LogP contribution in [0.4, 0.5) is 8.78 Å². The molecule has 2 aromatic heterocycles. The average Bonchev–Trinajstić information content (AvgIpc) is 3.93. The van der Waals surface area contributed by atoms with Crippen LogP contribution in [-0.4, -0.2) is 105 Å². The molecule has 1 aromatic carbocycles. The summed E-state index contributed by atoms with van der Waals surface area (Å²) in [5, 5.41) is 19.7. The molecule has 4 aliphatic rings. The van der Waals surface area contributed by atoms with Gasteiger partial charge in [0, 0.05) is 85.0 Å². The Morgan fingerprint density at radius 1 is 0.868 bits per heavy atom. The van der Waals surface area contributed by atoms with E-state index in [0.29, 0.717) is 47.0 Å². The molecule has 7 rings (SSSR count). The van der Waals surface area contributed by atoms with Crippen LogP contribution in [0.5, 0.6) is 11.5 Å². The number of aromatic nitrogens is 2. The van der Waals surface area contributed by atoms with Crippen molar-refractivity contribution in [3.63, 3.8) is 0 Å². The molecular formula is C47H52F2N6O13. The molecule has 0 radical (unpaired) electrons. The summed E-state index contributed by atoms with van der Waals surface area (Å²) in [6.07, 6.45) is 0.0247. The summed E-state index contributed by atoms with van der Waals surface area (Å²) in [5.74, 6) is -4.81. The molecule has 5 heterocycles. The fourth-order valence-corrected chi connectivity index (χ4v) is 8.77. The summed E-state index contributed by atoms with van der Waals surface area (Å²) >= 11 is 0. The average molecular weight is 947 g/mol. The van der Waals surface area contributed by atoms with Gasteiger partial charge in [-0.3, -0.25) is 48.1 Å². The summed E-state index contributed by atoms with van der Waals surface area (Å²) in [5.41, 5.74) is -0.108. The van der Waals surface area contributed by atoms with E-state index in [-0.39, 0.29) is 117 Å². The summed E-state index contributed by atoms with van der Waals surface area (Å²) in [6.45, 7) is 5.54. The number of halogens is 2. The quantitative estimate of drug-likeness (QED) is 0.0692. The van der Waals surface area contributed by atoms with E-state index < -0.39 is 65.4 Å². The molecule has 4 N–H and O–H groups in total. The molecule has 3 aromatic rings. The summed E-state index contributed by atoms with van der Waals surface area (Å²) < 4.78 is 44.6. The van der Waals surface area contributed by atoms with Gasteiger partial charge in [-0.25, -0.2) is 4.98 Å². The van der Waals surface area contributed by atoms with Crippen molar-refractivity contribution in [2.75, 3.05) is 19.8 Å². The van der Waals surface area contributed by atoms with Gasteiger partial charge in [-0.15, -0.1) is 8.78 Å². The minimum atomic E-state index is -3.93. The fourth-order valence-electron chi connectivity index (χ4n) is 8.77. The van der Waals surface area contributed by atoms with Crippen LogP contribution in [0.25, 0.3) is 22.3 Å². The van der Waals surface area contributed by atoms with Gasteiger partial charge in [-0.1, -0.05) is 20.3 Å². The SMILES string of the molecule is CC[C@@]1(O)C(=O)CCc2c1cc1n(c2=O)Cc2c-1nc1cc3c(cc1c2CNC(=O)COCCC(=O)[C@H](C)NC(=O)[C@H](C)CC(=O)[C@H](C)NC(=O)CCCCCN1C(=O)C=CC1=O)OC(F)(F)O3. The second-order valence-electron chi connectivity index (χ2n) is 17.5. The number of alkyl halides is 2. The lowest BCUT2D eigenvalue weighted by molar-refractivity contribution is -0.286. The number of rotatable bonds is 21. The van der Waals surface area contributed by atoms with Crippen LogP contribution in [0.3, 0.4) is 0 Å². The number of benzene rings is 1. The molecule has 21 heteroatoms. The summed E-state index contributed by atoms with van der Waals surface area (Å²) in [6, 6.07) is 2.32. The van der Waals surface area contributed by atoms with Gasteiger partial charge in [0.25, 0.3) is 17.4 Å². The zero-order valence-corrected chi connectivity index (χ0v) is 38.0. The van der Waals surface area contributed by atoms with Crippen molar-refractivity contribution in [1.82, 2.24) is 30.4 Å². The molecule has 0 saturated heterocycles. The highest BCUT2D eigenvalue weighted by Gasteiger charge is 2.45. The van der Waals surface area contributed by atoms with Gasteiger partial charge in [0.1, 0.15) is 12.2 Å². The topological polar surface area (TPSA) is 259 Å². The zero-order valence-electron chi connectivity index (χ0n) is 38.0. The van der Waals surface area contributed by atoms with E-state index in [9.17, 15) is 57.0 Å². The molecule has 5 amide bonds. The first-order chi connectivity index (χ1) is 32.2. The van der Waals surface area contributed by atoms with E-state index >= 15 is 0 Å². The van der Waals surface area contributed by atoms with E-state index in [4.69, 9.17) is 14.5 Å². The van der Waals surface area contributed by atoms with E-state index in [1.54, 1.807) is 13.0 Å². The molecule has 0 unspecified atom stereocenters. The van der Waals surface area contributed by atoms with Gasteiger partial charge in [-0.05, 0) is 57.2 Å². The maximum atomic E-state index is 14.1. The molecule has 0 saturated carbocycles. The minimum Gasteiger partial charge on any atom is -0.395 e. The number of amides is 5. The third kappa shape index (κ3) is 10.2. The Balaban J connectivity index is 0.885. The number of ketones is 3. The molecule has 0 fully saturated rings. The summed E-state index contributed by atoms with van der Waals surface area (Å²) in [7, 11) is 0. The Hall–Kier alpha value is -6.74. The van der Waals surface area contributed by atoms with Crippen molar-refractivity contribution in [2.24, 2.45) is 5.92 Å². The molecule has 4 atom stereocenters. The molecule has 0 bridgehead atoms. The predicted molar refractivity (Wildman–Crippen MR) is 235 cm³/mol. The fraction of sp³-hybridized carbons (Fsp3) is 0.489. The van der Waals surface area contributed by atoms with Crippen molar-refractivity contribution in [2.45, 2.75) is 123 Å². The maximum absolute atomic E-state index is 14.1. The third-order valence-corrected chi connectivity index (χ3v) is 12.7. The normalized spacial score (nSPS) is 18.8. The maximum Gasteiger partial charge on any atom is 0.586 e. The number of hydrogen-bond donors (Lipinski definition) is 4. The number of hydrogen-bond acceptors (Lipinski definition) is 14. The smallest absolute Gasteiger partial charge is 0.395 e. The monoisotopic (exact) mass is 946 g/mol. The number of aliphatic hydroxyl groups is 1. The number of carbonyl (C=O) groups is 8. The van der Waals surface area contributed by atoms with Gasteiger partial charge in [0.05, 0.1) is 42.1 Å². The van der Waals surface area contributed by atoms with Crippen molar-refractivity contribution < 1.29 is 66.5 Å². The van der Waals surface area contributed by atoms with Crippen molar-refractivity contribution >= 4 is 57.8 Å². The van der Waals surface area contributed by atoms with Crippen LogP contribution in [0.1, 0.15) is 101 Å². The number of pyridine rings is 2. The largest absolute Gasteiger partial charge is 0.586 e. The second kappa shape index (κ2) is 19.8. The van der Waals surface area contributed by atoms with Gasteiger partial charge >= 0.3 is 6.29 Å². The van der Waals surface area contributed by atoms with Crippen molar-refractivity contribution in [3.8, 4) is 22.9 Å². The Morgan fingerprint density at radius 2 is 1.56 bits per heavy atom. The lowest BCUT2D eigenvalue weighted by atomic mass is 9.77. The second-order valence-corrected chi connectivity index (χ2v) is 17.5. The van der Waals surface area contributed by atoms with Crippen LogP contribution in [0, 0.1) is 5.92 Å². The predicted octanol–water partition coefficient (Wildman–Crippen LogP) is 2.54. The Morgan fingerprint density at radius 3 is 2.26 bits per heavy atom. The Kier molecular flexibility index (Phi) is 14.4. The van der Waals surface area contributed by atoms with Crippen LogP contribution < -0.4 is 31.0 Å². The van der Waals surface area contributed by atoms with E-state index in [1.165, 1.54) is 49.6 Å². The number of carbonyl (C=O) groups excluding carboxylic acids is 8. The first-order valence-corrected chi connectivity index (χ1v) is 22.5. The van der Waals surface area contributed by atoms with Gasteiger partial charge in [0.2, 0.25) is 17.7 Å². The Bertz CT molecular complexity index is 2700. The van der Waals surface area contributed by atoms with Crippen LogP contribution >= 0.6 is 0 Å². The van der Waals surface area contributed by atoms with Crippen molar-refractivity contribution in [1.29, 1.82) is 0 Å². The highest BCUT2D eigenvalue weighted by atomic mass is 19.3. The number of fused-ring (bicyclic) bond motifs is 6. The first kappa shape index (κ1) is 49.2. The molecule has 1 aliphatic carbocycles. The van der Waals surface area contributed by atoms with Gasteiger partial charge in [0.15, 0.2) is 28.8 Å². The molecule has 0 spiro atoms. The van der Waals surface area contributed by atoms with Crippen LogP contribution in [-0.2, 0) is 68.2 Å². The lowest BCUT2D eigenvalue weighted by Gasteiger charge is -2.32. The summed E-state index contributed by atoms with van der Waals surface area (Å²) in [4.78, 5) is 120. The number of nitrogens with one attached hydrogen (secondary N) is 3. The Labute approximate surface area is 387 Å². The number of Topliss-reactive ketones (excluding diaryl/α,β-unsaturated/α-hetero) is 3. The molecule has 362 valence electrons.